The number of rotatable bonds is 7. The molecule has 0 aliphatic heterocycles. The molecule has 0 unspecified atom stereocenters. The van der Waals surface area contributed by atoms with Crippen molar-refractivity contribution in [3.63, 3.8) is 0 Å². The summed E-state index contributed by atoms with van der Waals surface area (Å²) >= 11 is 5.14. The number of aliphatic hydroxyl groups is 1. The molecule has 0 amide bonds. The average Bonchev–Trinajstić information content (AvgIpc) is 2.50. The summed E-state index contributed by atoms with van der Waals surface area (Å²) in [5.41, 5.74) is 7.86. The number of benzene rings is 2. The van der Waals surface area contributed by atoms with E-state index in [1.807, 2.05) is 24.3 Å². The van der Waals surface area contributed by atoms with Crippen molar-refractivity contribution >= 4 is 33.7 Å². The van der Waals surface area contributed by atoms with E-state index in [-0.39, 0.29) is 6.61 Å². The minimum atomic E-state index is 0.148. The number of aliphatic hydroxyl groups excluding tert-OH is 1. The van der Waals surface area contributed by atoms with Crippen LogP contribution < -0.4 is 10.6 Å². The summed E-state index contributed by atoms with van der Waals surface area (Å²) in [4.78, 5) is 2.65. The molecule has 0 spiro atoms. The van der Waals surface area contributed by atoms with Gasteiger partial charge in [-0.1, -0.05) is 49.8 Å². The van der Waals surface area contributed by atoms with Crippen molar-refractivity contribution in [1.29, 1.82) is 0 Å². The molecule has 4 heteroatoms. The van der Waals surface area contributed by atoms with Crippen molar-refractivity contribution in [2.45, 2.75) is 19.8 Å². The van der Waals surface area contributed by atoms with Crippen LogP contribution in [0.15, 0.2) is 36.4 Å². The van der Waals surface area contributed by atoms with Crippen LogP contribution >= 0.6 is 12.2 Å². The molecule has 0 radical (unpaired) electrons. The average molecular weight is 302 g/mol. The molecule has 3 nitrogen and oxygen atoms in total. The van der Waals surface area contributed by atoms with Gasteiger partial charge in [0.2, 0.25) is 0 Å². The number of unbranched alkanes of at least 4 members (excludes halogenated alkanes) is 1. The molecular formula is C17H22N2OS. The summed E-state index contributed by atoms with van der Waals surface area (Å²) in [6.07, 6.45) is 2.23. The van der Waals surface area contributed by atoms with E-state index in [4.69, 9.17) is 18.0 Å². The maximum Gasteiger partial charge on any atom is 0.104 e. The van der Waals surface area contributed by atoms with Gasteiger partial charge in [0, 0.05) is 29.7 Å². The molecule has 0 saturated carbocycles. The number of nitrogens with two attached hydrogens (primary N) is 1. The smallest absolute Gasteiger partial charge is 0.104 e. The van der Waals surface area contributed by atoms with E-state index in [0.29, 0.717) is 11.5 Å². The lowest BCUT2D eigenvalue weighted by molar-refractivity contribution is 0.301. The molecule has 3 N–H and O–H groups in total. The van der Waals surface area contributed by atoms with Gasteiger partial charge in [-0.05, 0) is 23.9 Å². The molecule has 0 saturated heterocycles. The van der Waals surface area contributed by atoms with Crippen LogP contribution in [0, 0.1) is 0 Å². The molecule has 0 heterocycles. The van der Waals surface area contributed by atoms with Crippen LogP contribution in [0.1, 0.15) is 25.3 Å². The number of fused-ring (bicyclic) bond motifs is 1. The third-order valence-electron chi connectivity index (χ3n) is 3.66. The van der Waals surface area contributed by atoms with Crippen molar-refractivity contribution in [1.82, 2.24) is 0 Å². The molecule has 0 bridgehead atoms. The summed E-state index contributed by atoms with van der Waals surface area (Å²) in [6, 6.07) is 12.2. The Labute approximate surface area is 131 Å². The largest absolute Gasteiger partial charge is 0.395 e. The Kier molecular flexibility index (Phi) is 5.53. The maximum absolute atomic E-state index is 9.33. The molecule has 0 aromatic heterocycles. The van der Waals surface area contributed by atoms with Crippen LogP contribution in [-0.2, 0) is 0 Å². The van der Waals surface area contributed by atoms with Crippen molar-refractivity contribution in [3.05, 3.63) is 42.0 Å². The molecule has 0 atom stereocenters. The minimum absolute atomic E-state index is 0.148. The first-order chi connectivity index (χ1) is 10.2. The van der Waals surface area contributed by atoms with Gasteiger partial charge in [0.15, 0.2) is 0 Å². The van der Waals surface area contributed by atoms with Crippen LogP contribution in [0.4, 0.5) is 5.69 Å². The van der Waals surface area contributed by atoms with E-state index in [1.54, 1.807) is 0 Å². The normalized spacial score (nSPS) is 10.8. The summed E-state index contributed by atoms with van der Waals surface area (Å²) in [5.74, 6) is 0. The Morgan fingerprint density at radius 1 is 1.14 bits per heavy atom. The third kappa shape index (κ3) is 3.52. The summed E-state index contributed by atoms with van der Waals surface area (Å²) in [6.45, 7) is 3.89. The Balaban J connectivity index is 2.52. The van der Waals surface area contributed by atoms with Gasteiger partial charge in [-0.3, -0.25) is 0 Å². The minimum Gasteiger partial charge on any atom is -0.395 e. The SMILES string of the molecule is CCCCN(CCO)c1ccc(C(N)=S)c2ccccc12. The van der Waals surface area contributed by atoms with Gasteiger partial charge in [-0.2, -0.15) is 0 Å². The van der Waals surface area contributed by atoms with Gasteiger partial charge < -0.3 is 15.7 Å². The summed E-state index contributed by atoms with van der Waals surface area (Å²) < 4.78 is 0. The predicted octanol–water partition coefficient (Wildman–Crippen LogP) is 3.07. The molecule has 0 fully saturated rings. The second-order valence-corrected chi connectivity index (χ2v) is 5.55. The quantitative estimate of drug-likeness (QED) is 0.772. The lowest BCUT2D eigenvalue weighted by atomic mass is 10.0. The number of thiocarbonyl (C=S) groups is 1. The maximum atomic E-state index is 9.33. The Bertz CT molecular complexity index is 627. The second-order valence-electron chi connectivity index (χ2n) is 5.11. The zero-order valence-corrected chi connectivity index (χ0v) is 13.2. The van der Waals surface area contributed by atoms with Gasteiger partial charge in [0.25, 0.3) is 0 Å². The van der Waals surface area contributed by atoms with Gasteiger partial charge >= 0.3 is 0 Å². The highest BCUT2D eigenvalue weighted by Crippen LogP contribution is 2.29. The molecule has 2 rings (SSSR count). The van der Waals surface area contributed by atoms with E-state index < -0.39 is 0 Å². The first-order valence-electron chi connectivity index (χ1n) is 7.36. The van der Waals surface area contributed by atoms with Gasteiger partial charge in [-0.25, -0.2) is 0 Å². The summed E-state index contributed by atoms with van der Waals surface area (Å²) in [5, 5.41) is 11.5. The lowest BCUT2D eigenvalue weighted by Gasteiger charge is -2.26. The van der Waals surface area contributed by atoms with Crippen molar-refractivity contribution in [2.75, 3.05) is 24.6 Å². The van der Waals surface area contributed by atoms with Crippen LogP contribution in [0.25, 0.3) is 10.8 Å². The topological polar surface area (TPSA) is 49.5 Å². The van der Waals surface area contributed by atoms with Gasteiger partial charge in [-0.15, -0.1) is 0 Å². The van der Waals surface area contributed by atoms with Crippen molar-refractivity contribution in [2.24, 2.45) is 5.73 Å². The van der Waals surface area contributed by atoms with E-state index in [1.165, 1.54) is 0 Å². The second kappa shape index (κ2) is 7.38. The predicted molar refractivity (Wildman–Crippen MR) is 94.0 cm³/mol. The fourth-order valence-electron chi connectivity index (χ4n) is 2.60. The molecule has 0 aliphatic rings. The zero-order valence-electron chi connectivity index (χ0n) is 12.4. The highest BCUT2D eigenvalue weighted by molar-refractivity contribution is 7.80. The molecule has 2 aromatic carbocycles. The van der Waals surface area contributed by atoms with Crippen molar-refractivity contribution in [3.8, 4) is 0 Å². The first-order valence-corrected chi connectivity index (χ1v) is 7.77. The van der Waals surface area contributed by atoms with Gasteiger partial charge in [0.05, 0.1) is 6.61 Å². The number of hydrogen-bond acceptors (Lipinski definition) is 3. The molecular weight excluding hydrogens is 280 g/mol. The van der Waals surface area contributed by atoms with E-state index in [2.05, 4.69) is 24.0 Å². The zero-order chi connectivity index (χ0) is 15.2. The highest BCUT2D eigenvalue weighted by atomic mass is 32.1. The van der Waals surface area contributed by atoms with Crippen LogP contribution in [0.5, 0.6) is 0 Å². The molecule has 112 valence electrons. The van der Waals surface area contributed by atoms with Gasteiger partial charge in [0.1, 0.15) is 4.99 Å². The molecule has 0 aliphatic carbocycles. The fraction of sp³-hybridized carbons (Fsp3) is 0.353. The van der Waals surface area contributed by atoms with E-state index >= 15 is 0 Å². The van der Waals surface area contributed by atoms with Crippen LogP contribution in [0.3, 0.4) is 0 Å². The molecule has 2 aromatic rings. The Hall–Kier alpha value is -1.65. The monoisotopic (exact) mass is 302 g/mol. The van der Waals surface area contributed by atoms with E-state index in [0.717, 1.165) is 41.4 Å². The standard InChI is InChI=1S/C17H22N2OS/c1-2-3-10-19(11-12-20)16-9-8-15(17(18)21)13-6-4-5-7-14(13)16/h4-9,20H,2-3,10-12H2,1H3,(H2,18,21). The Morgan fingerprint density at radius 3 is 2.48 bits per heavy atom. The van der Waals surface area contributed by atoms with E-state index in [9.17, 15) is 5.11 Å². The third-order valence-corrected chi connectivity index (χ3v) is 3.88. The van der Waals surface area contributed by atoms with Crippen LogP contribution in [0.2, 0.25) is 0 Å². The number of nitrogens with zero attached hydrogens (tertiary/aromatic N) is 1. The van der Waals surface area contributed by atoms with Crippen LogP contribution in [-0.4, -0.2) is 29.8 Å². The number of anilines is 1. The Morgan fingerprint density at radius 2 is 1.86 bits per heavy atom. The molecule has 21 heavy (non-hydrogen) atoms. The number of hydrogen-bond donors (Lipinski definition) is 2. The summed E-state index contributed by atoms with van der Waals surface area (Å²) in [7, 11) is 0. The highest BCUT2D eigenvalue weighted by Gasteiger charge is 2.12. The first kappa shape index (κ1) is 15.7. The fourth-order valence-corrected chi connectivity index (χ4v) is 2.77. The van der Waals surface area contributed by atoms with Crippen molar-refractivity contribution < 1.29 is 5.11 Å². The lowest BCUT2D eigenvalue weighted by Crippen LogP contribution is -2.28.